The van der Waals surface area contributed by atoms with Crippen LogP contribution in [0.15, 0.2) is 0 Å². The van der Waals surface area contributed by atoms with Gasteiger partial charge in [-0.3, -0.25) is 4.21 Å². The summed E-state index contributed by atoms with van der Waals surface area (Å²) >= 11 is 0.469. The summed E-state index contributed by atoms with van der Waals surface area (Å²) in [6.07, 6.45) is 2.99. The Bertz CT molecular complexity index is 87.0. The zero-order valence-corrected chi connectivity index (χ0v) is 8.11. The molecule has 0 spiro atoms. The molecule has 1 unspecified atom stereocenters. The Morgan fingerprint density at radius 1 is 1.33 bits per heavy atom. The van der Waals surface area contributed by atoms with Crippen LogP contribution in [0, 0.1) is 0 Å². The number of halogens is 1. The van der Waals surface area contributed by atoms with Crippen LogP contribution < -0.4 is 0 Å². The lowest BCUT2D eigenvalue weighted by Gasteiger charge is -2.02. The maximum absolute atomic E-state index is 9.96. The summed E-state index contributed by atoms with van der Waals surface area (Å²) in [7, 11) is 0. The molecule has 0 aliphatic carbocycles. The van der Waals surface area contributed by atoms with E-state index in [0.29, 0.717) is 5.75 Å². The van der Waals surface area contributed by atoms with E-state index in [1.165, 1.54) is 0 Å². The van der Waals surface area contributed by atoms with Gasteiger partial charge in [-0.15, -0.1) is 0 Å². The van der Waals surface area contributed by atoms with E-state index in [4.69, 9.17) is 0 Å². The molecule has 0 aromatic rings. The van der Waals surface area contributed by atoms with Crippen LogP contribution in [0.3, 0.4) is 0 Å². The third kappa shape index (κ3) is 8.84. The monoisotopic (exact) mass is 261 g/mol. The van der Waals surface area contributed by atoms with Crippen molar-refractivity contribution in [3.8, 4) is 0 Å². The van der Waals surface area contributed by atoms with Crippen LogP contribution in [0.1, 0.15) is 19.3 Å². The number of unbranched alkanes of at least 4 members (excludes halogenated alkanes) is 2. The molecule has 4 heteroatoms. The van der Waals surface area contributed by atoms with Gasteiger partial charge in [0, 0.05) is 5.75 Å². The standard InChI is InChI=1S/C5H11IO2S/c6-4-2-1-3-5-9(7)8/h1-5H2,(H,7,8)/p-1. The van der Waals surface area contributed by atoms with Crippen LogP contribution in [0.5, 0.6) is 0 Å². The normalized spacial score (nSPS) is 13.6. The quantitative estimate of drug-likeness (QED) is 0.325. The Kier molecular flexibility index (Phi) is 7.60. The third-order valence-electron chi connectivity index (χ3n) is 0.945. The summed E-state index contributed by atoms with van der Waals surface area (Å²) in [5, 5.41) is 0. The lowest BCUT2D eigenvalue weighted by molar-refractivity contribution is 0.533. The molecule has 0 N–H and O–H groups in total. The summed E-state index contributed by atoms with van der Waals surface area (Å²) in [4.78, 5) is 0. The second kappa shape index (κ2) is 6.95. The predicted octanol–water partition coefficient (Wildman–Crippen LogP) is 1.47. The molecule has 0 bridgehead atoms. The summed E-state index contributed by atoms with van der Waals surface area (Å²) < 4.78 is 21.0. The summed E-state index contributed by atoms with van der Waals surface area (Å²) in [6.45, 7) is 0. The van der Waals surface area contributed by atoms with Crippen LogP contribution in [-0.4, -0.2) is 18.9 Å². The second-order valence-corrected chi connectivity index (χ2v) is 3.85. The Balaban J connectivity index is 2.83. The Labute approximate surface area is 71.8 Å². The third-order valence-corrected chi connectivity index (χ3v) is 2.33. The molecule has 2 nitrogen and oxygen atoms in total. The smallest absolute Gasteiger partial charge is 0.0102 e. The number of hydrogen-bond acceptors (Lipinski definition) is 2. The van der Waals surface area contributed by atoms with Crippen LogP contribution in [0.2, 0.25) is 0 Å². The van der Waals surface area contributed by atoms with E-state index in [-0.39, 0.29) is 0 Å². The first kappa shape index (κ1) is 9.84. The number of alkyl halides is 1. The molecular formula is C5H10IO2S-. The average molecular weight is 261 g/mol. The van der Waals surface area contributed by atoms with E-state index in [2.05, 4.69) is 22.6 Å². The molecule has 9 heavy (non-hydrogen) atoms. The van der Waals surface area contributed by atoms with E-state index in [1.807, 2.05) is 0 Å². The van der Waals surface area contributed by atoms with Crippen molar-refractivity contribution in [3.63, 3.8) is 0 Å². The molecule has 0 aromatic heterocycles. The van der Waals surface area contributed by atoms with Crippen molar-refractivity contribution < 1.29 is 8.76 Å². The molecule has 0 fully saturated rings. The van der Waals surface area contributed by atoms with E-state index >= 15 is 0 Å². The molecule has 0 amide bonds. The second-order valence-electron chi connectivity index (χ2n) is 1.76. The zero-order chi connectivity index (χ0) is 7.11. The highest BCUT2D eigenvalue weighted by Gasteiger charge is 1.86. The minimum atomic E-state index is -1.82. The molecule has 56 valence electrons. The zero-order valence-electron chi connectivity index (χ0n) is 5.14. The van der Waals surface area contributed by atoms with Crippen LogP contribution in [0.25, 0.3) is 0 Å². The van der Waals surface area contributed by atoms with E-state index < -0.39 is 11.1 Å². The van der Waals surface area contributed by atoms with Gasteiger partial charge in [-0.05, 0) is 17.3 Å². The summed E-state index contributed by atoms with van der Waals surface area (Å²) in [6, 6.07) is 0. The molecule has 0 aromatic carbocycles. The van der Waals surface area contributed by atoms with E-state index in [0.717, 1.165) is 23.7 Å². The van der Waals surface area contributed by atoms with Crippen molar-refractivity contribution >= 4 is 33.7 Å². The van der Waals surface area contributed by atoms with Crippen molar-refractivity contribution in [3.05, 3.63) is 0 Å². The summed E-state index contributed by atoms with van der Waals surface area (Å²) in [5.74, 6) is 0.330. The van der Waals surface area contributed by atoms with Crippen molar-refractivity contribution in [2.45, 2.75) is 19.3 Å². The molecule has 0 saturated carbocycles. The molecular weight excluding hydrogens is 251 g/mol. The van der Waals surface area contributed by atoms with Crippen molar-refractivity contribution in [2.75, 3.05) is 10.2 Å². The first-order chi connectivity index (χ1) is 4.27. The van der Waals surface area contributed by atoms with Gasteiger partial charge >= 0.3 is 0 Å². The molecule has 0 aliphatic heterocycles. The van der Waals surface area contributed by atoms with Crippen LogP contribution in [-0.2, 0) is 11.1 Å². The fourth-order valence-corrected chi connectivity index (χ4v) is 1.47. The highest BCUT2D eigenvalue weighted by molar-refractivity contribution is 14.1. The van der Waals surface area contributed by atoms with Gasteiger partial charge < -0.3 is 4.55 Å². The van der Waals surface area contributed by atoms with Crippen molar-refractivity contribution in [1.82, 2.24) is 0 Å². The van der Waals surface area contributed by atoms with Crippen LogP contribution in [0.4, 0.5) is 0 Å². The Morgan fingerprint density at radius 2 is 2.00 bits per heavy atom. The maximum atomic E-state index is 9.96. The van der Waals surface area contributed by atoms with Gasteiger partial charge in [0.2, 0.25) is 0 Å². The van der Waals surface area contributed by atoms with Gasteiger partial charge in [-0.1, -0.05) is 40.1 Å². The largest absolute Gasteiger partial charge is 0.772 e. The lowest BCUT2D eigenvalue weighted by atomic mass is 10.3. The molecule has 0 saturated heterocycles. The first-order valence-corrected chi connectivity index (χ1v) is 5.66. The average Bonchev–Trinajstić information content (AvgIpc) is 1.80. The van der Waals surface area contributed by atoms with Crippen molar-refractivity contribution in [2.24, 2.45) is 0 Å². The molecule has 1 atom stereocenters. The minimum Gasteiger partial charge on any atom is -0.772 e. The van der Waals surface area contributed by atoms with Crippen molar-refractivity contribution in [1.29, 1.82) is 0 Å². The SMILES string of the molecule is O=S([O-])CCCCCI. The predicted molar refractivity (Wildman–Crippen MR) is 46.5 cm³/mol. The molecule has 0 heterocycles. The summed E-state index contributed by atoms with van der Waals surface area (Å²) in [5.41, 5.74) is 0. The van der Waals surface area contributed by atoms with Gasteiger partial charge in [-0.25, -0.2) is 0 Å². The minimum absolute atomic E-state index is 0.330. The van der Waals surface area contributed by atoms with Crippen LogP contribution >= 0.6 is 22.6 Å². The van der Waals surface area contributed by atoms with Gasteiger partial charge in [0.25, 0.3) is 0 Å². The van der Waals surface area contributed by atoms with Gasteiger partial charge in [-0.2, -0.15) is 0 Å². The number of rotatable bonds is 5. The highest BCUT2D eigenvalue weighted by atomic mass is 127. The molecule has 0 rings (SSSR count). The van der Waals surface area contributed by atoms with Gasteiger partial charge in [0.1, 0.15) is 0 Å². The Morgan fingerprint density at radius 3 is 2.44 bits per heavy atom. The fourth-order valence-electron chi connectivity index (χ4n) is 0.491. The van der Waals surface area contributed by atoms with Gasteiger partial charge in [0.15, 0.2) is 0 Å². The lowest BCUT2D eigenvalue weighted by Crippen LogP contribution is -1.94. The Hall–Kier alpha value is 0.840. The van der Waals surface area contributed by atoms with E-state index in [9.17, 15) is 8.76 Å². The maximum Gasteiger partial charge on any atom is 0.0102 e. The fraction of sp³-hybridized carbons (Fsp3) is 1.00. The van der Waals surface area contributed by atoms with Gasteiger partial charge in [0.05, 0.1) is 0 Å². The topological polar surface area (TPSA) is 40.1 Å². The first-order valence-electron chi connectivity index (χ1n) is 2.89. The highest BCUT2D eigenvalue weighted by Crippen LogP contribution is 1.98. The molecule has 0 radical (unpaired) electrons. The molecule has 0 aliphatic rings. The van der Waals surface area contributed by atoms with E-state index in [1.54, 1.807) is 0 Å². The number of hydrogen-bond donors (Lipinski definition) is 0.